The number of anilines is 1. The molecule has 116 valence electrons. The molecule has 0 saturated carbocycles. The minimum atomic E-state index is -0.861. The van der Waals surface area contributed by atoms with Gasteiger partial charge in [0.25, 0.3) is 0 Å². The molecule has 0 aliphatic carbocycles. The molecule has 1 rings (SSSR count). The van der Waals surface area contributed by atoms with Gasteiger partial charge in [-0.25, -0.2) is 0 Å². The van der Waals surface area contributed by atoms with E-state index in [0.717, 1.165) is 5.75 Å². The second kappa shape index (κ2) is 8.97. The van der Waals surface area contributed by atoms with Crippen LogP contribution in [0.15, 0.2) is 24.3 Å². The van der Waals surface area contributed by atoms with Crippen molar-refractivity contribution >= 4 is 17.6 Å². The third kappa shape index (κ3) is 6.76. The molecule has 0 saturated heterocycles. The molecule has 6 heteroatoms. The summed E-state index contributed by atoms with van der Waals surface area (Å²) in [6.45, 7) is 5.57. The summed E-state index contributed by atoms with van der Waals surface area (Å²) in [5.74, 6) is -0.265. The largest absolute Gasteiger partial charge is 0.494 e. The molecule has 6 nitrogen and oxygen atoms in total. The van der Waals surface area contributed by atoms with Gasteiger partial charge in [-0.2, -0.15) is 0 Å². The maximum atomic E-state index is 11.9. The average Bonchev–Trinajstić information content (AvgIpc) is 2.45. The van der Waals surface area contributed by atoms with Gasteiger partial charge in [0.05, 0.1) is 19.6 Å². The Morgan fingerprint density at radius 3 is 2.43 bits per heavy atom. The Labute approximate surface area is 124 Å². The number of carbonyl (C=O) groups excluding carboxylic acids is 1. The van der Waals surface area contributed by atoms with Gasteiger partial charge in [0.15, 0.2) is 0 Å². The fourth-order valence-corrected chi connectivity index (χ4v) is 1.81. The fraction of sp³-hybridized carbons (Fsp3) is 0.467. The van der Waals surface area contributed by atoms with Gasteiger partial charge in [-0.1, -0.05) is 6.92 Å². The maximum Gasteiger partial charge on any atom is 0.304 e. The number of hydrogen-bond donors (Lipinski definition) is 2. The minimum Gasteiger partial charge on any atom is -0.494 e. The molecule has 0 fully saturated rings. The number of carbonyl (C=O) groups is 2. The third-order valence-electron chi connectivity index (χ3n) is 2.91. The predicted octanol–water partition coefficient (Wildman–Crippen LogP) is 1.82. The highest BCUT2D eigenvalue weighted by Crippen LogP contribution is 2.15. The lowest BCUT2D eigenvalue weighted by Crippen LogP contribution is -2.34. The number of aliphatic carboxylic acids is 1. The van der Waals surface area contributed by atoms with E-state index in [2.05, 4.69) is 5.32 Å². The van der Waals surface area contributed by atoms with Gasteiger partial charge in [-0.15, -0.1) is 0 Å². The molecule has 0 aliphatic heterocycles. The zero-order valence-corrected chi connectivity index (χ0v) is 12.5. The number of benzene rings is 1. The minimum absolute atomic E-state index is 0.0319. The van der Waals surface area contributed by atoms with E-state index in [1.807, 2.05) is 13.8 Å². The van der Waals surface area contributed by atoms with Gasteiger partial charge in [-0.05, 0) is 37.7 Å². The standard InChI is InChI=1S/C15H22N2O4/c1-3-17(10-9-15(19)20)11-14(18)16-12-5-7-13(8-6-12)21-4-2/h5-8H,3-4,9-11H2,1-2H3,(H,16,18)(H,19,20). The Kier molecular flexibility index (Phi) is 7.25. The van der Waals surface area contributed by atoms with Crippen molar-refractivity contribution in [3.63, 3.8) is 0 Å². The topological polar surface area (TPSA) is 78.9 Å². The van der Waals surface area contributed by atoms with Crippen molar-refractivity contribution in [3.05, 3.63) is 24.3 Å². The molecule has 1 aromatic rings. The summed E-state index contributed by atoms with van der Waals surface area (Å²) in [6.07, 6.45) is 0.0319. The van der Waals surface area contributed by atoms with Gasteiger partial charge in [0, 0.05) is 12.2 Å². The molecule has 1 amide bonds. The number of carboxylic acids is 1. The highest BCUT2D eigenvalue weighted by atomic mass is 16.5. The molecule has 0 atom stereocenters. The number of nitrogens with zero attached hydrogens (tertiary/aromatic N) is 1. The van der Waals surface area contributed by atoms with Crippen LogP contribution in [0.25, 0.3) is 0 Å². The Balaban J connectivity index is 2.45. The van der Waals surface area contributed by atoms with Gasteiger partial charge in [-0.3, -0.25) is 14.5 Å². The molecule has 0 bridgehead atoms. The van der Waals surface area contributed by atoms with E-state index < -0.39 is 5.97 Å². The first kappa shape index (κ1) is 17.0. The quantitative estimate of drug-likeness (QED) is 0.726. The molecule has 0 spiro atoms. The second-order valence-electron chi connectivity index (χ2n) is 4.52. The van der Waals surface area contributed by atoms with Crippen molar-refractivity contribution in [2.75, 3.05) is 31.6 Å². The summed E-state index contributed by atoms with van der Waals surface area (Å²) >= 11 is 0. The third-order valence-corrected chi connectivity index (χ3v) is 2.91. The van der Waals surface area contributed by atoms with E-state index in [9.17, 15) is 9.59 Å². The van der Waals surface area contributed by atoms with Crippen LogP contribution in [0.4, 0.5) is 5.69 Å². The lowest BCUT2D eigenvalue weighted by Gasteiger charge is -2.18. The van der Waals surface area contributed by atoms with Gasteiger partial charge < -0.3 is 15.2 Å². The van der Waals surface area contributed by atoms with Gasteiger partial charge >= 0.3 is 5.97 Å². The highest BCUT2D eigenvalue weighted by molar-refractivity contribution is 5.92. The van der Waals surface area contributed by atoms with E-state index in [0.29, 0.717) is 25.4 Å². The van der Waals surface area contributed by atoms with Crippen LogP contribution < -0.4 is 10.1 Å². The lowest BCUT2D eigenvalue weighted by atomic mass is 10.3. The molecule has 0 unspecified atom stereocenters. The van der Waals surface area contributed by atoms with Gasteiger partial charge in [0.1, 0.15) is 5.75 Å². The van der Waals surface area contributed by atoms with Crippen LogP contribution in [-0.4, -0.2) is 48.1 Å². The van der Waals surface area contributed by atoms with Crippen LogP contribution >= 0.6 is 0 Å². The van der Waals surface area contributed by atoms with Crippen LogP contribution in [0.3, 0.4) is 0 Å². The molecule has 1 aromatic carbocycles. The van der Waals surface area contributed by atoms with E-state index in [1.54, 1.807) is 29.2 Å². The molecule has 0 radical (unpaired) electrons. The number of rotatable bonds is 9. The summed E-state index contributed by atoms with van der Waals surface area (Å²) in [5, 5.41) is 11.4. The number of carboxylic acid groups (broad SMARTS) is 1. The van der Waals surface area contributed by atoms with E-state index in [1.165, 1.54) is 0 Å². The predicted molar refractivity (Wildman–Crippen MR) is 80.6 cm³/mol. The van der Waals surface area contributed by atoms with Crippen molar-refractivity contribution in [1.29, 1.82) is 0 Å². The van der Waals surface area contributed by atoms with Crippen molar-refractivity contribution in [2.45, 2.75) is 20.3 Å². The molecule has 0 aliphatic rings. The highest BCUT2D eigenvalue weighted by Gasteiger charge is 2.10. The smallest absolute Gasteiger partial charge is 0.304 e. The van der Waals surface area contributed by atoms with Crippen LogP contribution in [0.2, 0.25) is 0 Å². The fourth-order valence-electron chi connectivity index (χ4n) is 1.81. The van der Waals surface area contributed by atoms with Crippen molar-refractivity contribution in [1.82, 2.24) is 4.90 Å². The van der Waals surface area contributed by atoms with E-state index >= 15 is 0 Å². The Bertz CT molecular complexity index is 459. The maximum absolute atomic E-state index is 11.9. The number of amides is 1. The normalized spacial score (nSPS) is 10.4. The van der Waals surface area contributed by atoms with Crippen molar-refractivity contribution < 1.29 is 19.4 Å². The zero-order valence-electron chi connectivity index (χ0n) is 12.5. The number of likely N-dealkylation sites (N-methyl/N-ethyl adjacent to an activating group) is 1. The van der Waals surface area contributed by atoms with E-state index in [-0.39, 0.29) is 18.9 Å². The van der Waals surface area contributed by atoms with Gasteiger partial charge in [0.2, 0.25) is 5.91 Å². The SMILES string of the molecule is CCOc1ccc(NC(=O)CN(CC)CCC(=O)O)cc1. The number of nitrogens with one attached hydrogen (secondary N) is 1. The van der Waals surface area contributed by atoms with Crippen LogP contribution in [-0.2, 0) is 9.59 Å². The van der Waals surface area contributed by atoms with Crippen LogP contribution in [0.5, 0.6) is 5.75 Å². The summed E-state index contributed by atoms with van der Waals surface area (Å²) in [6, 6.07) is 7.13. The molecule has 0 aromatic heterocycles. The number of hydrogen-bond acceptors (Lipinski definition) is 4. The average molecular weight is 294 g/mol. The Hall–Kier alpha value is -2.08. The Morgan fingerprint density at radius 2 is 1.90 bits per heavy atom. The second-order valence-corrected chi connectivity index (χ2v) is 4.52. The molecule has 0 heterocycles. The van der Waals surface area contributed by atoms with Crippen LogP contribution in [0, 0.1) is 0 Å². The molecule has 2 N–H and O–H groups in total. The summed E-state index contributed by atoms with van der Waals surface area (Å²) < 4.78 is 5.33. The summed E-state index contributed by atoms with van der Waals surface area (Å²) in [7, 11) is 0. The molecular formula is C15H22N2O4. The summed E-state index contributed by atoms with van der Waals surface area (Å²) in [4.78, 5) is 24.2. The first-order chi connectivity index (χ1) is 10.0. The monoisotopic (exact) mass is 294 g/mol. The number of ether oxygens (including phenoxy) is 1. The van der Waals surface area contributed by atoms with Crippen molar-refractivity contribution in [3.8, 4) is 5.75 Å². The molecule has 21 heavy (non-hydrogen) atoms. The summed E-state index contributed by atoms with van der Waals surface area (Å²) in [5.41, 5.74) is 0.692. The first-order valence-corrected chi connectivity index (χ1v) is 7.02. The first-order valence-electron chi connectivity index (χ1n) is 7.02. The molecular weight excluding hydrogens is 272 g/mol. The van der Waals surface area contributed by atoms with Crippen molar-refractivity contribution in [2.24, 2.45) is 0 Å². The lowest BCUT2D eigenvalue weighted by molar-refractivity contribution is -0.137. The zero-order chi connectivity index (χ0) is 15.7. The Morgan fingerprint density at radius 1 is 1.24 bits per heavy atom. The van der Waals surface area contributed by atoms with Crippen LogP contribution in [0.1, 0.15) is 20.3 Å². The van der Waals surface area contributed by atoms with E-state index in [4.69, 9.17) is 9.84 Å².